The van der Waals surface area contributed by atoms with Gasteiger partial charge in [0.2, 0.25) is 0 Å². The Morgan fingerprint density at radius 3 is 0.500 bits per heavy atom. The van der Waals surface area contributed by atoms with Crippen LogP contribution in [0.2, 0.25) is 0 Å². The molecule has 0 aliphatic carbocycles. The van der Waals surface area contributed by atoms with Crippen molar-refractivity contribution in [3.63, 3.8) is 0 Å². The first-order valence-corrected chi connectivity index (χ1v) is 43.0. The van der Waals surface area contributed by atoms with Crippen LogP contribution in [-0.2, 0) is 0 Å². The lowest BCUT2D eigenvalue weighted by molar-refractivity contribution is 0.294. The van der Waals surface area contributed by atoms with E-state index in [1.165, 1.54) is 385 Å². The van der Waals surface area contributed by atoms with Gasteiger partial charge in [-0.05, 0) is 81.8 Å². The molecule has 0 amide bonds. The van der Waals surface area contributed by atoms with Crippen molar-refractivity contribution in [2.75, 3.05) is 26.4 Å². The van der Waals surface area contributed by atoms with E-state index in [0.29, 0.717) is 13.2 Å². The quantitative estimate of drug-likeness (QED) is 0.0489. The van der Waals surface area contributed by atoms with E-state index in [1.54, 1.807) is 0 Å². The maximum absolute atomic E-state index is 6.70. The highest BCUT2D eigenvalue weighted by Gasteiger charge is 2.14. The van der Waals surface area contributed by atoms with Gasteiger partial charge in [0.25, 0.3) is 0 Å². The van der Waals surface area contributed by atoms with E-state index in [0.717, 1.165) is 82.0 Å². The first kappa shape index (κ1) is 86.4. The van der Waals surface area contributed by atoms with E-state index in [9.17, 15) is 0 Å². The largest absolute Gasteiger partial charge is 0.493 e. The third kappa shape index (κ3) is 54.4. The lowest BCUT2D eigenvalue weighted by Gasteiger charge is -2.16. The molecule has 0 N–H and O–H groups in total. The minimum atomic E-state index is 0.717. The molecule has 0 unspecified atom stereocenters. The summed E-state index contributed by atoms with van der Waals surface area (Å²) in [5.74, 6) is 3.58. The molecule has 2 rings (SSSR count). The summed E-state index contributed by atoms with van der Waals surface area (Å²) >= 11 is 7.86. The highest BCUT2D eigenvalue weighted by Crippen LogP contribution is 2.38. The summed E-state index contributed by atoms with van der Waals surface area (Å²) in [4.78, 5) is 0. The zero-order chi connectivity index (χ0) is 65.8. The van der Waals surface area contributed by atoms with Gasteiger partial charge in [-0.15, -0.1) is 0 Å². The van der Waals surface area contributed by atoms with E-state index in [1.807, 2.05) is 0 Å². The molecule has 0 heterocycles. The van der Waals surface area contributed by atoms with Gasteiger partial charge < -0.3 is 18.9 Å². The monoisotopic (exact) mass is 1410 g/mol. The molecule has 2 aromatic rings. The number of unbranched alkanes of at least 4 members (excludes halogenated alkanes) is 60. The van der Waals surface area contributed by atoms with Crippen LogP contribution >= 0.6 is 31.9 Å². The van der Waals surface area contributed by atoms with E-state index < -0.39 is 0 Å². The van der Waals surface area contributed by atoms with Crippen LogP contribution in [0.25, 0.3) is 12.2 Å². The molecule has 0 radical (unpaired) electrons. The van der Waals surface area contributed by atoms with Crippen LogP contribution in [0.4, 0.5) is 0 Å². The molecule has 0 bridgehead atoms. The van der Waals surface area contributed by atoms with E-state index >= 15 is 0 Å². The summed E-state index contributed by atoms with van der Waals surface area (Å²) < 4.78 is 28.5. The number of halogens is 2. The molecule has 536 valence electrons. The Morgan fingerprint density at radius 2 is 0.337 bits per heavy atom. The summed E-state index contributed by atoms with van der Waals surface area (Å²) in [6.45, 7) is 12.1. The normalized spacial score (nSPS) is 11.7. The molecule has 0 spiro atoms. The van der Waals surface area contributed by atoms with Gasteiger partial charge in [0.1, 0.15) is 23.0 Å². The minimum Gasteiger partial charge on any atom is -0.493 e. The predicted octanol–water partition coefficient (Wildman–Crippen LogP) is 31.9. The zero-order valence-electron chi connectivity index (χ0n) is 61.9. The third-order valence-electron chi connectivity index (χ3n) is 19.6. The zero-order valence-corrected chi connectivity index (χ0v) is 65.1. The number of benzene rings is 2. The van der Waals surface area contributed by atoms with E-state index in [-0.39, 0.29) is 0 Å². The Balaban J connectivity index is 2.05. The summed E-state index contributed by atoms with van der Waals surface area (Å²) in [6, 6.07) is 8.69. The molecule has 4 nitrogen and oxygen atoms in total. The number of rotatable bonds is 74. The second-order valence-electron chi connectivity index (χ2n) is 28.6. The van der Waals surface area contributed by atoms with Gasteiger partial charge in [-0.3, -0.25) is 0 Å². The Bertz CT molecular complexity index is 1730. The van der Waals surface area contributed by atoms with Crippen molar-refractivity contribution in [1.29, 1.82) is 0 Å². The average molecular weight is 1410 g/mol. The number of hydrogen-bond acceptors (Lipinski definition) is 4. The highest BCUT2D eigenvalue weighted by molar-refractivity contribution is 9.11. The number of hydrogen-bond donors (Lipinski definition) is 0. The lowest BCUT2D eigenvalue weighted by Crippen LogP contribution is -2.02. The van der Waals surface area contributed by atoms with Crippen LogP contribution < -0.4 is 18.9 Å². The van der Waals surface area contributed by atoms with Crippen LogP contribution in [-0.4, -0.2) is 26.4 Å². The lowest BCUT2D eigenvalue weighted by atomic mass is 10.0. The van der Waals surface area contributed by atoms with Crippen molar-refractivity contribution in [2.45, 2.75) is 439 Å². The Hall–Kier alpha value is -1.66. The van der Waals surface area contributed by atoms with Crippen LogP contribution in [0.1, 0.15) is 450 Å². The van der Waals surface area contributed by atoms with Crippen LogP contribution in [0.3, 0.4) is 0 Å². The summed E-state index contributed by atoms with van der Waals surface area (Å²) in [7, 11) is 0. The van der Waals surface area contributed by atoms with Gasteiger partial charge in [0.15, 0.2) is 0 Å². The fourth-order valence-corrected chi connectivity index (χ4v) is 14.2. The van der Waals surface area contributed by atoms with Gasteiger partial charge in [-0.2, -0.15) is 0 Å². The molecule has 0 saturated carbocycles. The predicted molar refractivity (Wildman–Crippen MR) is 417 cm³/mol. The molecule has 92 heavy (non-hydrogen) atoms. The molecule has 6 heteroatoms. The second kappa shape index (κ2) is 69.2. The Morgan fingerprint density at radius 1 is 0.196 bits per heavy atom. The minimum absolute atomic E-state index is 0.717. The smallest absolute Gasteiger partial charge is 0.134 e. The summed E-state index contributed by atoms with van der Waals surface area (Å²) in [6.07, 6.45) is 92.0. The maximum Gasteiger partial charge on any atom is 0.134 e. The molecule has 0 fully saturated rings. The van der Waals surface area contributed by atoms with Gasteiger partial charge in [0, 0.05) is 11.1 Å². The fraction of sp³-hybridized carbons (Fsp3) is 0.837. The Labute approximate surface area is 591 Å². The first-order chi connectivity index (χ1) is 45.5. The van der Waals surface area contributed by atoms with E-state index in [2.05, 4.69) is 96.0 Å². The average Bonchev–Trinajstić information content (AvgIpc) is 1.29. The number of ether oxygens (including phenoxy) is 4. The van der Waals surface area contributed by atoms with Crippen molar-refractivity contribution in [3.05, 3.63) is 44.3 Å². The van der Waals surface area contributed by atoms with Crippen molar-refractivity contribution in [2.24, 2.45) is 0 Å². The van der Waals surface area contributed by atoms with Crippen LogP contribution in [0.5, 0.6) is 23.0 Å². The standard InChI is InChI=1S/C86H154Br2O4/c1-5-9-13-17-21-25-29-33-37-41-45-49-53-57-61-65-71-89-83-77-81(87)85(91-73-67-63-59-55-51-47-43-39-35-31-27-23-19-15-11-7-3)75-79(83)69-70-80-76-86(92-74-68-64-60-56-52-48-44-40-36-32-28-24-20-16-12-8-4)82(88)78-84(80)90-72-66-62-58-54-50-46-42-38-34-30-26-22-18-14-10-6-2/h69-70,75-78H,5-68,71-74H2,1-4H3/b70-69+. The molecular weight excluding hydrogens is 1260 g/mol. The van der Waals surface area contributed by atoms with Gasteiger partial charge in [-0.1, -0.05) is 425 Å². The maximum atomic E-state index is 6.70. The van der Waals surface area contributed by atoms with E-state index in [4.69, 9.17) is 18.9 Å². The topological polar surface area (TPSA) is 36.9 Å². The molecular formula is C86H154Br2O4. The molecule has 0 aliphatic rings. The summed E-state index contributed by atoms with van der Waals surface area (Å²) in [5.41, 5.74) is 2.07. The SMILES string of the molecule is CCCCCCCCCCCCCCCCCCOc1cc(/C=C/c2cc(OCCCCCCCCCCCCCCCCCC)c(Br)cc2OCCCCCCCCCCCCCCCCCC)c(OCCCCCCCCCCCCCCCCCC)cc1Br. The summed E-state index contributed by atoms with van der Waals surface area (Å²) in [5, 5.41) is 0. The van der Waals surface area contributed by atoms with Crippen LogP contribution in [0.15, 0.2) is 33.2 Å². The van der Waals surface area contributed by atoms with Crippen molar-refractivity contribution < 1.29 is 18.9 Å². The third-order valence-corrected chi connectivity index (χ3v) is 20.8. The highest BCUT2D eigenvalue weighted by atomic mass is 79.9. The Kier molecular flexibility index (Phi) is 65.1. The van der Waals surface area contributed by atoms with Crippen molar-refractivity contribution in [3.8, 4) is 23.0 Å². The van der Waals surface area contributed by atoms with Gasteiger partial charge in [-0.25, -0.2) is 0 Å². The molecule has 0 atom stereocenters. The van der Waals surface area contributed by atoms with Gasteiger partial charge >= 0.3 is 0 Å². The van der Waals surface area contributed by atoms with Crippen molar-refractivity contribution in [1.82, 2.24) is 0 Å². The van der Waals surface area contributed by atoms with Crippen molar-refractivity contribution >= 4 is 44.0 Å². The van der Waals surface area contributed by atoms with Gasteiger partial charge in [0.05, 0.1) is 35.4 Å². The molecule has 0 saturated heterocycles. The second-order valence-corrected chi connectivity index (χ2v) is 30.3. The van der Waals surface area contributed by atoms with Crippen LogP contribution in [0, 0.1) is 0 Å². The fourth-order valence-electron chi connectivity index (χ4n) is 13.3. The molecule has 2 aromatic carbocycles. The first-order valence-electron chi connectivity index (χ1n) is 41.4. The molecule has 0 aromatic heterocycles. The molecule has 0 aliphatic heterocycles.